The van der Waals surface area contributed by atoms with Crippen LogP contribution in [0.15, 0.2) is 133 Å². The van der Waals surface area contributed by atoms with Crippen molar-refractivity contribution in [3.05, 3.63) is 133 Å². The third kappa shape index (κ3) is 3.40. The van der Waals surface area contributed by atoms with Crippen molar-refractivity contribution in [2.75, 3.05) is 0 Å². The first kappa shape index (κ1) is 22.9. The van der Waals surface area contributed by atoms with E-state index in [-0.39, 0.29) is 0 Å². The zero-order chi connectivity index (χ0) is 27.6. The summed E-state index contributed by atoms with van der Waals surface area (Å²) in [7, 11) is 0. The van der Waals surface area contributed by atoms with Crippen LogP contribution < -0.4 is 4.74 Å². The Morgan fingerprint density at radius 1 is 0.476 bits per heavy atom. The molecule has 5 nitrogen and oxygen atoms in total. The summed E-state index contributed by atoms with van der Waals surface area (Å²) in [6.45, 7) is 0. The van der Waals surface area contributed by atoms with Crippen LogP contribution in [0.3, 0.4) is 0 Å². The van der Waals surface area contributed by atoms with Crippen LogP contribution in [-0.4, -0.2) is 19.5 Å². The van der Waals surface area contributed by atoms with Crippen LogP contribution in [0.25, 0.3) is 72.4 Å². The Bertz CT molecular complexity index is 2260. The van der Waals surface area contributed by atoms with E-state index in [0.29, 0.717) is 17.6 Å². The molecule has 0 aliphatic carbocycles. The molecule has 0 spiro atoms. The Kier molecular flexibility index (Phi) is 4.83. The Balaban J connectivity index is 1.35. The SMILES string of the molecule is c1ccc(-c2nc(-c3ccccc3)nc(-n3c4ccccc4c4cc5c(cc43)Oc3cccc4cccc-5c34)n2)cc1. The molecule has 2 aromatic heterocycles. The minimum atomic E-state index is 0.562. The maximum absolute atomic E-state index is 6.56. The smallest absolute Gasteiger partial charge is 0.238 e. The van der Waals surface area contributed by atoms with E-state index >= 15 is 0 Å². The van der Waals surface area contributed by atoms with Crippen LogP contribution in [0.4, 0.5) is 0 Å². The van der Waals surface area contributed by atoms with Gasteiger partial charge in [-0.1, -0.05) is 109 Å². The van der Waals surface area contributed by atoms with Crippen LogP contribution in [0.2, 0.25) is 0 Å². The van der Waals surface area contributed by atoms with E-state index in [1.54, 1.807) is 0 Å². The molecule has 0 unspecified atom stereocenters. The van der Waals surface area contributed by atoms with Crippen LogP contribution in [-0.2, 0) is 0 Å². The number of ether oxygens (including phenoxy) is 1. The zero-order valence-electron chi connectivity index (χ0n) is 22.4. The maximum Gasteiger partial charge on any atom is 0.238 e. The lowest BCUT2D eigenvalue weighted by Crippen LogP contribution is -2.06. The van der Waals surface area contributed by atoms with Gasteiger partial charge in [-0.2, -0.15) is 9.97 Å². The van der Waals surface area contributed by atoms with Gasteiger partial charge in [0.25, 0.3) is 0 Å². The summed E-state index contributed by atoms with van der Waals surface area (Å²) < 4.78 is 8.70. The van der Waals surface area contributed by atoms with Gasteiger partial charge in [0, 0.05) is 38.9 Å². The van der Waals surface area contributed by atoms with Gasteiger partial charge in [0.2, 0.25) is 5.95 Å². The number of hydrogen-bond acceptors (Lipinski definition) is 4. The molecular weight excluding hydrogens is 516 g/mol. The maximum atomic E-state index is 6.56. The van der Waals surface area contributed by atoms with E-state index in [0.717, 1.165) is 55.4 Å². The Morgan fingerprint density at radius 3 is 1.88 bits per heavy atom. The van der Waals surface area contributed by atoms with Crippen molar-refractivity contribution in [3.63, 3.8) is 0 Å². The fourth-order valence-corrected chi connectivity index (χ4v) is 6.14. The fraction of sp³-hybridized carbons (Fsp3) is 0. The predicted molar refractivity (Wildman–Crippen MR) is 168 cm³/mol. The van der Waals surface area contributed by atoms with E-state index in [2.05, 4.69) is 65.2 Å². The normalized spacial score (nSPS) is 12.0. The van der Waals surface area contributed by atoms with Crippen molar-refractivity contribution in [2.45, 2.75) is 0 Å². The van der Waals surface area contributed by atoms with Crippen molar-refractivity contribution < 1.29 is 4.74 Å². The standard InChI is InChI=1S/C37H22N4O/c1-3-11-24(12-4-1)35-38-36(25-13-5-2-6-14-25)40-37(39-35)41-30-19-8-7-17-26(30)28-21-29-27-18-9-15-23-16-10-20-32(34(23)27)42-33(29)22-31(28)41/h1-22H. The second kappa shape index (κ2) is 8.85. The van der Waals surface area contributed by atoms with Gasteiger partial charge in [0.05, 0.1) is 11.0 Å². The number of fused-ring (bicyclic) bond motifs is 5. The zero-order valence-corrected chi connectivity index (χ0v) is 22.4. The summed E-state index contributed by atoms with van der Waals surface area (Å²) in [5, 5.41) is 4.56. The highest BCUT2D eigenvalue weighted by molar-refractivity contribution is 6.13. The van der Waals surface area contributed by atoms with E-state index in [9.17, 15) is 0 Å². The average Bonchev–Trinajstić information content (AvgIpc) is 3.38. The van der Waals surface area contributed by atoms with Crippen LogP contribution in [0.5, 0.6) is 11.5 Å². The summed E-state index contributed by atoms with van der Waals surface area (Å²) in [6.07, 6.45) is 0. The van der Waals surface area contributed by atoms with Crippen LogP contribution in [0.1, 0.15) is 0 Å². The van der Waals surface area contributed by atoms with E-state index in [1.807, 2.05) is 72.8 Å². The van der Waals surface area contributed by atoms with E-state index < -0.39 is 0 Å². The summed E-state index contributed by atoms with van der Waals surface area (Å²) in [5.74, 6) is 3.50. The first-order valence-corrected chi connectivity index (χ1v) is 14.0. The number of para-hydroxylation sites is 1. The minimum absolute atomic E-state index is 0.562. The Morgan fingerprint density at radius 2 is 1.14 bits per heavy atom. The van der Waals surface area contributed by atoms with Crippen molar-refractivity contribution >= 4 is 32.6 Å². The van der Waals surface area contributed by atoms with Crippen molar-refractivity contribution in [3.8, 4) is 51.3 Å². The van der Waals surface area contributed by atoms with Gasteiger partial charge >= 0.3 is 0 Å². The van der Waals surface area contributed by atoms with Gasteiger partial charge in [0.15, 0.2) is 11.6 Å². The molecule has 0 saturated carbocycles. The molecule has 1 aliphatic heterocycles. The third-order valence-corrected chi connectivity index (χ3v) is 8.04. The molecule has 0 bridgehead atoms. The van der Waals surface area contributed by atoms with Crippen LogP contribution in [0, 0.1) is 0 Å². The second-order valence-corrected chi connectivity index (χ2v) is 10.5. The molecule has 0 amide bonds. The summed E-state index contributed by atoms with van der Waals surface area (Å²) >= 11 is 0. The molecule has 196 valence electrons. The summed E-state index contributed by atoms with van der Waals surface area (Å²) in [5.41, 5.74) is 6.14. The first-order chi connectivity index (χ1) is 20.8. The van der Waals surface area contributed by atoms with E-state index in [4.69, 9.17) is 19.7 Å². The molecule has 0 N–H and O–H groups in total. The molecule has 1 aliphatic rings. The number of rotatable bonds is 3. The third-order valence-electron chi connectivity index (χ3n) is 8.04. The highest BCUT2D eigenvalue weighted by atomic mass is 16.5. The Labute approximate surface area is 241 Å². The van der Waals surface area contributed by atoms with Gasteiger partial charge in [-0.3, -0.25) is 4.57 Å². The first-order valence-electron chi connectivity index (χ1n) is 14.0. The van der Waals surface area contributed by atoms with Crippen molar-refractivity contribution in [1.82, 2.24) is 19.5 Å². The topological polar surface area (TPSA) is 52.8 Å². The minimum Gasteiger partial charge on any atom is -0.456 e. The molecule has 6 aromatic carbocycles. The van der Waals surface area contributed by atoms with Crippen molar-refractivity contribution in [1.29, 1.82) is 0 Å². The molecular formula is C37H22N4O. The van der Waals surface area contributed by atoms with Crippen molar-refractivity contribution in [2.24, 2.45) is 0 Å². The molecule has 5 heteroatoms. The molecule has 0 radical (unpaired) electrons. The number of aromatic nitrogens is 4. The number of hydrogen-bond donors (Lipinski definition) is 0. The molecule has 0 fully saturated rings. The lowest BCUT2D eigenvalue weighted by molar-refractivity contribution is 0.487. The fourth-order valence-electron chi connectivity index (χ4n) is 6.14. The highest BCUT2D eigenvalue weighted by Crippen LogP contribution is 2.49. The van der Waals surface area contributed by atoms with Gasteiger partial charge in [-0.25, -0.2) is 4.98 Å². The number of nitrogens with zero attached hydrogens (tertiary/aromatic N) is 4. The predicted octanol–water partition coefficient (Wildman–Crippen LogP) is 9.23. The quantitative estimate of drug-likeness (QED) is 0.225. The van der Waals surface area contributed by atoms with Gasteiger partial charge in [-0.15, -0.1) is 0 Å². The molecule has 9 rings (SSSR count). The van der Waals surface area contributed by atoms with E-state index in [1.165, 1.54) is 10.9 Å². The summed E-state index contributed by atoms with van der Waals surface area (Å²) in [6, 6.07) is 45.6. The molecule has 3 heterocycles. The van der Waals surface area contributed by atoms with Gasteiger partial charge < -0.3 is 4.74 Å². The lowest BCUT2D eigenvalue weighted by atomic mass is 9.93. The molecule has 0 atom stereocenters. The molecule has 42 heavy (non-hydrogen) atoms. The lowest BCUT2D eigenvalue weighted by Gasteiger charge is -2.21. The van der Waals surface area contributed by atoms with Gasteiger partial charge in [0.1, 0.15) is 11.5 Å². The average molecular weight is 539 g/mol. The monoisotopic (exact) mass is 538 g/mol. The number of benzene rings is 6. The summed E-state index contributed by atoms with van der Waals surface area (Å²) in [4.78, 5) is 15.0. The van der Waals surface area contributed by atoms with Crippen LogP contribution >= 0.6 is 0 Å². The molecule has 0 saturated heterocycles. The second-order valence-electron chi connectivity index (χ2n) is 10.5. The largest absolute Gasteiger partial charge is 0.456 e. The Hall–Kier alpha value is -5.81. The highest BCUT2D eigenvalue weighted by Gasteiger charge is 2.24. The van der Waals surface area contributed by atoms with Gasteiger partial charge in [-0.05, 0) is 29.1 Å². The molecule has 8 aromatic rings.